The van der Waals surface area contributed by atoms with Crippen molar-refractivity contribution in [3.63, 3.8) is 0 Å². The highest BCUT2D eigenvalue weighted by Crippen LogP contribution is 2.14. The molecule has 142 valence electrons. The minimum Gasteiger partial charge on any atom is -0.366 e. The quantitative estimate of drug-likeness (QED) is 0.711. The van der Waals surface area contributed by atoms with Crippen molar-refractivity contribution < 1.29 is 4.79 Å². The van der Waals surface area contributed by atoms with Gasteiger partial charge in [0.2, 0.25) is 5.95 Å². The minimum atomic E-state index is -0.522. The van der Waals surface area contributed by atoms with Crippen LogP contribution in [0.4, 0.5) is 11.8 Å². The second-order valence-electron chi connectivity index (χ2n) is 6.36. The zero-order valence-electron chi connectivity index (χ0n) is 16.1. The van der Waals surface area contributed by atoms with E-state index in [1.165, 1.54) is 0 Å². The van der Waals surface area contributed by atoms with Crippen molar-refractivity contribution in [1.82, 2.24) is 19.5 Å². The Bertz CT molecular complexity index is 1160. The molecule has 0 radical (unpaired) electrons. The Balaban J connectivity index is 2.05. The molecule has 3 aromatic heterocycles. The lowest BCUT2D eigenvalue weighted by Gasteiger charge is -2.08. The van der Waals surface area contributed by atoms with Gasteiger partial charge in [-0.05, 0) is 44.5 Å². The lowest BCUT2D eigenvalue weighted by atomic mass is 10.2. The summed E-state index contributed by atoms with van der Waals surface area (Å²) < 4.78 is 1.72. The molecular formula is C21H22N6O. The number of nitrogens with one attached hydrogen (secondary N) is 1. The number of hydrogen-bond donors (Lipinski definition) is 2. The van der Waals surface area contributed by atoms with Gasteiger partial charge in [0.05, 0.1) is 5.56 Å². The van der Waals surface area contributed by atoms with Gasteiger partial charge in [0.25, 0.3) is 5.91 Å². The van der Waals surface area contributed by atoms with E-state index in [4.69, 9.17) is 5.73 Å². The van der Waals surface area contributed by atoms with Crippen LogP contribution in [-0.4, -0.2) is 25.4 Å². The van der Waals surface area contributed by atoms with Crippen molar-refractivity contribution in [2.45, 2.75) is 20.8 Å². The molecule has 0 bridgehead atoms. The number of aryl methyl sites for hydroxylation is 2. The molecule has 3 N–H and O–H groups in total. The van der Waals surface area contributed by atoms with Crippen LogP contribution < -0.4 is 21.6 Å². The van der Waals surface area contributed by atoms with Crippen molar-refractivity contribution in [2.24, 2.45) is 5.73 Å². The monoisotopic (exact) mass is 374 g/mol. The number of nitrogens with two attached hydrogens (primary N) is 1. The van der Waals surface area contributed by atoms with Crippen LogP contribution in [0, 0.1) is 13.8 Å². The molecule has 0 saturated carbocycles. The number of carbonyl (C=O) groups excluding carboxylic acids is 1. The third-order valence-corrected chi connectivity index (χ3v) is 4.10. The molecule has 3 aromatic rings. The Kier molecular flexibility index (Phi) is 5.35. The molecule has 0 aliphatic carbocycles. The fraction of sp³-hybridized carbons (Fsp3) is 0.143. The fourth-order valence-corrected chi connectivity index (χ4v) is 2.90. The van der Waals surface area contributed by atoms with E-state index in [0.717, 1.165) is 11.3 Å². The second-order valence-corrected chi connectivity index (χ2v) is 6.36. The van der Waals surface area contributed by atoms with Crippen molar-refractivity contribution in [3.8, 4) is 5.82 Å². The maximum Gasteiger partial charge on any atom is 0.250 e. The molecule has 0 fully saturated rings. The van der Waals surface area contributed by atoms with Crippen LogP contribution in [0.15, 0.2) is 42.7 Å². The summed E-state index contributed by atoms with van der Waals surface area (Å²) in [6.07, 6.45) is 8.77. The maximum atomic E-state index is 11.8. The second kappa shape index (κ2) is 7.87. The highest BCUT2D eigenvalue weighted by atomic mass is 16.1. The molecule has 0 unspecified atom stereocenters. The fourth-order valence-electron chi connectivity index (χ4n) is 2.90. The summed E-state index contributed by atoms with van der Waals surface area (Å²) >= 11 is 0. The molecule has 0 saturated heterocycles. The van der Waals surface area contributed by atoms with Gasteiger partial charge >= 0.3 is 0 Å². The van der Waals surface area contributed by atoms with Crippen molar-refractivity contribution in [1.29, 1.82) is 0 Å². The Hall–Kier alpha value is -3.74. The number of hydrogen-bond acceptors (Lipinski definition) is 5. The predicted molar refractivity (Wildman–Crippen MR) is 111 cm³/mol. The Morgan fingerprint density at radius 3 is 2.75 bits per heavy atom. The lowest BCUT2D eigenvalue weighted by Crippen LogP contribution is -2.31. The van der Waals surface area contributed by atoms with Crippen LogP contribution in [0.5, 0.6) is 0 Å². The Morgan fingerprint density at radius 1 is 1.29 bits per heavy atom. The maximum absolute atomic E-state index is 11.8. The van der Waals surface area contributed by atoms with Gasteiger partial charge in [-0.3, -0.25) is 4.79 Å². The standard InChI is InChI=1S/C21H22N6O/c1-5-6-7-16-15(4)27(12-17(16)20(22)28)19-8-9-23-21(26-19)25-18-11-13(2)10-14(3)24-18/h5-12H,4H2,1-3H3,(H2,22,28)(H,23,24,25,26)/b6-5-,16-7+. The zero-order chi connectivity index (χ0) is 20.3. The first-order chi connectivity index (χ1) is 13.4. The molecule has 3 rings (SSSR count). The summed E-state index contributed by atoms with van der Waals surface area (Å²) in [5.74, 6) is 1.10. The van der Waals surface area contributed by atoms with Gasteiger partial charge in [0.15, 0.2) is 0 Å². The lowest BCUT2D eigenvalue weighted by molar-refractivity contribution is 0.0999. The largest absolute Gasteiger partial charge is 0.366 e. The Morgan fingerprint density at radius 2 is 2.07 bits per heavy atom. The molecule has 0 aliphatic heterocycles. The molecule has 7 heteroatoms. The third-order valence-electron chi connectivity index (χ3n) is 4.10. The first-order valence-corrected chi connectivity index (χ1v) is 8.78. The minimum absolute atomic E-state index is 0.382. The molecular weight excluding hydrogens is 352 g/mol. The van der Waals surface area contributed by atoms with E-state index < -0.39 is 5.91 Å². The normalized spacial score (nSPS) is 11.9. The number of rotatable bonds is 5. The Labute approximate surface area is 163 Å². The summed E-state index contributed by atoms with van der Waals surface area (Å²) in [6.45, 7) is 9.91. The number of allylic oxidation sites excluding steroid dienone is 2. The average molecular weight is 374 g/mol. The highest BCUT2D eigenvalue weighted by molar-refractivity contribution is 5.93. The van der Waals surface area contributed by atoms with Gasteiger partial charge in [-0.25, -0.2) is 9.97 Å². The van der Waals surface area contributed by atoms with Crippen LogP contribution in [-0.2, 0) is 0 Å². The number of aromatic nitrogens is 4. The summed E-state index contributed by atoms with van der Waals surface area (Å²) in [5.41, 5.74) is 7.90. The summed E-state index contributed by atoms with van der Waals surface area (Å²) in [5, 5.41) is 4.39. The van der Waals surface area contributed by atoms with E-state index in [1.807, 2.05) is 45.1 Å². The van der Waals surface area contributed by atoms with Crippen molar-refractivity contribution in [3.05, 3.63) is 70.1 Å². The number of pyridine rings is 1. The van der Waals surface area contributed by atoms with Gasteiger partial charge in [-0.1, -0.05) is 24.8 Å². The first-order valence-electron chi connectivity index (χ1n) is 8.78. The average Bonchev–Trinajstić information content (AvgIpc) is 2.96. The summed E-state index contributed by atoms with van der Waals surface area (Å²) in [7, 11) is 0. The number of amides is 1. The van der Waals surface area contributed by atoms with Crippen LogP contribution in [0.2, 0.25) is 0 Å². The van der Waals surface area contributed by atoms with E-state index >= 15 is 0 Å². The number of anilines is 2. The van der Waals surface area contributed by atoms with Gasteiger partial charge < -0.3 is 15.6 Å². The molecule has 28 heavy (non-hydrogen) atoms. The predicted octanol–water partition coefficient (Wildman–Crippen LogP) is 1.89. The van der Waals surface area contributed by atoms with Crippen LogP contribution in [0.3, 0.4) is 0 Å². The first kappa shape index (κ1) is 19.0. The molecule has 0 atom stereocenters. The van der Waals surface area contributed by atoms with Crippen LogP contribution in [0.25, 0.3) is 18.5 Å². The molecule has 3 heterocycles. The summed E-state index contributed by atoms with van der Waals surface area (Å²) in [4.78, 5) is 25.1. The van der Waals surface area contributed by atoms with Gasteiger partial charge in [0.1, 0.15) is 11.6 Å². The zero-order valence-corrected chi connectivity index (χ0v) is 16.1. The topological polar surface area (TPSA) is 98.7 Å². The molecule has 0 aliphatic rings. The van der Waals surface area contributed by atoms with Crippen LogP contribution in [0.1, 0.15) is 28.5 Å². The number of primary amides is 1. The molecule has 0 spiro atoms. The van der Waals surface area contributed by atoms with E-state index in [-0.39, 0.29) is 0 Å². The van der Waals surface area contributed by atoms with E-state index in [9.17, 15) is 4.79 Å². The molecule has 7 nitrogen and oxygen atoms in total. The SMILES string of the molecule is C=c1/c(=C\C=C/C)c(C(N)=O)cn1-c1ccnc(Nc2cc(C)cc(C)n2)n1. The van der Waals surface area contributed by atoms with E-state index in [0.29, 0.717) is 33.7 Å². The van der Waals surface area contributed by atoms with Gasteiger partial charge in [-0.15, -0.1) is 0 Å². The number of nitrogens with zero attached hydrogens (tertiary/aromatic N) is 4. The van der Waals surface area contributed by atoms with Gasteiger partial charge in [0, 0.05) is 28.7 Å². The van der Waals surface area contributed by atoms with E-state index in [1.54, 1.807) is 29.1 Å². The van der Waals surface area contributed by atoms with E-state index in [2.05, 4.69) is 26.8 Å². The molecule has 0 aromatic carbocycles. The third kappa shape index (κ3) is 3.98. The van der Waals surface area contributed by atoms with Gasteiger partial charge in [-0.2, -0.15) is 4.98 Å². The highest BCUT2D eigenvalue weighted by Gasteiger charge is 2.11. The number of carbonyl (C=O) groups is 1. The van der Waals surface area contributed by atoms with Crippen molar-refractivity contribution in [2.75, 3.05) is 5.32 Å². The summed E-state index contributed by atoms with van der Waals surface area (Å²) in [6, 6.07) is 5.64. The molecule has 1 amide bonds. The van der Waals surface area contributed by atoms with Crippen LogP contribution >= 0.6 is 0 Å². The van der Waals surface area contributed by atoms with Crippen molar-refractivity contribution >= 4 is 30.3 Å². The smallest absolute Gasteiger partial charge is 0.250 e.